The zero-order chi connectivity index (χ0) is 13.2. The zero-order valence-electron chi connectivity index (χ0n) is 9.40. The summed E-state index contributed by atoms with van der Waals surface area (Å²) in [7, 11) is 1.17. The average molecular weight is 261 g/mol. The number of ether oxygens (including phenoxy) is 1. The number of nitrogens with zero attached hydrogens (tertiary/aromatic N) is 1. The molecule has 1 atom stereocenters. The van der Waals surface area contributed by atoms with Gasteiger partial charge in [-0.25, -0.2) is 9.78 Å². The molecule has 0 radical (unpaired) electrons. The molecule has 6 nitrogen and oxygen atoms in total. The number of hydrogen-bond donors (Lipinski definition) is 3. The Morgan fingerprint density at radius 1 is 1.71 bits per heavy atom. The molecule has 1 rings (SSSR count). The molecule has 0 saturated heterocycles. The molecule has 1 heterocycles. The van der Waals surface area contributed by atoms with Crippen LogP contribution in [0.2, 0.25) is 5.02 Å². The van der Waals surface area contributed by atoms with Gasteiger partial charge in [0.1, 0.15) is 5.60 Å². The third-order valence-electron chi connectivity index (χ3n) is 2.22. The van der Waals surface area contributed by atoms with Gasteiger partial charge < -0.3 is 20.7 Å². The molecule has 0 saturated carbocycles. The van der Waals surface area contributed by atoms with Crippen LogP contribution in [0.15, 0.2) is 6.07 Å². The molecule has 4 N–H and O–H groups in total. The van der Waals surface area contributed by atoms with Crippen LogP contribution in [0.3, 0.4) is 0 Å². The van der Waals surface area contributed by atoms with Crippen LogP contribution in [0.25, 0.3) is 0 Å². The summed E-state index contributed by atoms with van der Waals surface area (Å²) in [5.74, 6) is -0.766. The first-order valence-electron chi connectivity index (χ1n) is 4.71. The summed E-state index contributed by atoms with van der Waals surface area (Å²) in [5.41, 5.74) is 3.91. The molecule has 1 unspecified atom stereocenters. The molecule has 7 heteroatoms. The second-order valence-electron chi connectivity index (χ2n) is 3.68. The Kier molecular flexibility index (Phi) is 3.92. The summed E-state index contributed by atoms with van der Waals surface area (Å²) in [5, 5.41) is 18.8. The van der Waals surface area contributed by atoms with Crippen LogP contribution >= 0.6 is 11.6 Å². The fraction of sp³-hybridized carbons (Fsp3) is 0.400. The molecule has 0 fully saturated rings. The Labute approximate surface area is 103 Å². The topological polar surface area (TPSA) is 106 Å². The smallest absolute Gasteiger partial charge is 0.358 e. The Morgan fingerprint density at radius 2 is 2.29 bits per heavy atom. The highest BCUT2D eigenvalue weighted by Gasteiger charge is 2.27. The summed E-state index contributed by atoms with van der Waals surface area (Å²) in [6.07, 6.45) is 0. The van der Waals surface area contributed by atoms with Crippen molar-refractivity contribution >= 4 is 23.3 Å². The fourth-order valence-electron chi connectivity index (χ4n) is 1.14. The summed E-state index contributed by atoms with van der Waals surface area (Å²) < 4.78 is 4.49. The number of halogens is 1. The van der Waals surface area contributed by atoms with E-state index in [9.17, 15) is 9.90 Å². The van der Waals surface area contributed by atoms with Gasteiger partial charge in [0.25, 0.3) is 0 Å². The molecule has 94 valence electrons. The Morgan fingerprint density at radius 3 is 2.76 bits per heavy atom. The third-order valence-corrected chi connectivity index (χ3v) is 2.62. The van der Waals surface area contributed by atoms with E-state index < -0.39 is 18.2 Å². The lowest BCUT2D eigenvalue weighted by Gasteiger charge is -2.21. The van der Waals surface area contributed by atoms with Gasteiger partial charge in [0.05, 0.1) is 30.1 Å². The maximum atomic E-state index is 11.4. The van der Waals surface area contributed by atoms with Crippen LogP contribution in [0.5, 0.6) is 0 Å². The van der Waals surface area contributed by atoms with E-state index in [2.05, 4.69) is 9.72 Å². The molecule has 0 aromatic carbocycles. The van der Waals surface area contributed by atoms with Gasteiger partial charge in [-0.3, -0.25) is 0 Å². The highest BCUT2D eigenvalue weighted by atomic mass is 35.5. The predicted octanol–water partition coefficient (Wildman–Crippen LogP) is 0.304. The molecule has 0 amide bonds. The summed E-state index contributed by atoms with van der Waals surface area (Å²) >= 11 is 5.80. The number of carbonyl (C=O) groups excluding carboxylic acids is 1. The SMILES string of the molecule is COC(=O)c1nc(C(C)(O)CO)cc(N)c1Cl. The highest BCUT2D eigenvalue weighted by Crippen LogP contribution is 2.28. The van der Waals surface area contributed by atoms with Crippen molar-refractivity contribution in [2.24, 2.45) is 0 Å². The van der Waals surface area contributed by atoms with E-state index in [4.69, 9.17) is 22.4 Å². The van der Waals surface area contributed by atoms with Crippen LogP contribution in [0.1, 0.15) is 23.1 Å². The second-order valence-corrected chi connectivity index (χ2v) is 4.06. The number of nitrogens with two attached hydrogens (primary N) is 1. The normalized spacial score (nSPS) is 14.2. The molecule has 0 aliphatic heterocycles. The molecule has 0 spiro atoms. The van der Waals surface area contributed by atoms with Gasteiger partial charge in [-0.05, 0) is 13.0 Å². The lowest BCUT2D eigenvalue weighted by atomic mass is 10.0. The van der Waals surface area contributed by atoms with Gasteiger partial charge in [-0.1, -0.05) is 11.6 Å². The van der Waals surface area contributed by atoms with Crippen LogP contribution in [0.4, 0.5) is 5.69 Å². The van der Waals surface area contributed by atoms with Gasteiger partial charge in [0.15, 0.2) is 5.69 Å². The summed E-state index contributed by atoms with van der Waals surface area (Å²) in [6, 6.07) is 1.30. The minimum absolute atomic E-state index is 0.0438. The number of nitrogen functional groups attached to an aromatic ring is 1. The van der Waals surface area contributed by atoms with Gasteiger partial charge in [0, 0.05) is 0 Å². The van der Waals surface area contributed by atoms with E-state index in [1.165, 1.54) is 20.1 Å². The summed E-state index contributed by atoms with van der Waals surface area (Å²) in [4.78, 5) is 15.2. The molecule has 0 bridgehead atoms. The highest BCUT2D eigenvalue weighted by molar-refractivity contribution is 6.35. The van der Waals surface area contributed by atoms with Gasteiger partial charge in [0.2, 0.25) is 0 Å². The predicted molar refractivity (Wildman–Crippen MR) is 61.7 cm³/mol. The van der Waals surface area contributed by atoms with Crippen molar-refractivity contribution < 1.29 is 19.7 Å². The number of aromatic nitrogens is 1. The molecule has 0 aliphatic carbocycles. The molecular weight excluding hydrogens is 248 g/mol. The quantitative estimate of drug-likeness (QED) is 0.675. The zero-order valence-corrected chi connectivity index (χ0v) is 10.2. The molecule has 1 aromatic rings. The van der Waals surface area contributed by atoms with Crippen molar-refractivity contribution in [1.82, 2.24) is 4.98 Å². The number of methoxy groups -OCH3 is 1. The lowest BCUT2D eigenvalue weighted by Crippen LogP contribution is -2.28. The van der Waals surface area contributed by atoms with Crippen LogP contribution < -0.4 is 5.73 Å². The number of aliphatic hydroxyl groups excluding tert-OH is 1. The van der Waals surface area contributed by atoms with E-state index in [0.29, 0.717) is 0 Å². The van der Waals surface area contributed by atoms with Gasteiger partial charge in [-0.15, -0.1) is 0 Å². The number of rotatable bonds is 3. The van der Waals surface area contributed by atoms with Crippen molar-refractivity contribution in [3.63, 3.8) is 0 Å². The largest absolute Gasteiger partial charge is 0.464 e. The van der Waals surface area contributed by atoms with Crippen molar-refractivity contribution in [3.8, 4) is 0 Å². The molecular formula is C10H13ClN2O4. The van der Waals surface area contributed by atoms with E-state index in [-0.39, 0.29) is 22.1 Å². The Hall–Kier alpha value is -1.37. The Balaban J connectivity index is 3.38. The minimum Gasteiger partial charge on any atom is -0.464 e. The van der Waals surface area contributed by atoms with Crippen molar-refractivity contribution in [1.29, 1.82) is 0 Å². The third kappa shape index (κ3) is 2.66. The number of pyridine rings is 1. The van der Waals surface area contributed by atoms with E-state index in [1.807, 2.05) is 0 Å². The first-order chi connectivity index (χ1) is 7.83. The standard InChI is InChI=1S/C10H13ClN2O4/c1-10(16,4-14)6-3-5(12)7(11)8(13-6)9(15)17-2/h3,14,16H,4H2,1-2H3,(H2,12,13). The number of carbonyl (C=O) groups is 1. The fourth-order valence-corrected chi connectivity index (χ4v) is 1.31. The number of esters is 1. The molecule has 1 aromatic heterocycles. The lowest BCUT2D eigenvalue weighted by molar-refractivity contribution is -0.00599. The van der Waals surface area contributed by atoms with E-state index in [0.717, 1.165) is 0 Å². The Bertz CT molecular complexity index is 448. The minimum atomic E-state index is -1.61. The van der Waals surface area contributed by atoms with Gasteiger partial charge >= 0.3 is 5.97 Å². The molecule has 0 aliphatic rings. The maximum absolute atomic E-state index is 11.4. The molecule has 17 heavy (non-hydrogen) atoms. The van der Waals surface area contributed by atoms with Crippen molar-refractivity contribution in [2.45, 2.75) is 12.5 Å². The van der Waals surface area contributed by atoms with Crippen molar-refractivity contribution in [3.05, 3.63) is 22.5 Å². The second kappa shape index (κ2) is 4.87. The van der Waals surface area contributed by atoms with Crippen molar-refractivity contribution in [2.75, 3.05) is 19.5 Å². The van der Waals surface area contributed by atoms with Crippen LogP contribution in [-0.4, -0.2) is 34.9 Å². The number of aliphatic hydroxyl groups is 2. The van der Waals surface area contributed by atoms with Crippen LogP contribution in [-0.2, 0) is 10.3 Å². The van der Waals surface area contributed by atoms with Gasteiger partial charge in [-0.2, -0.15) is 0 Å². The van der Waals surface area contributed by atoms with Crippen LogP contribution in [0, 0.1) is 0 Å². The number of anilines is 1. The monoisotopic (exact) mass is 260 g/mol. The first-order valence-corrected chi connectivity index (χ1v) is 5.09. The maximum Gasteiger partial charge on any atom is 0.358 e. The number of hydrogen-bond acceptors (Lipinski definition) is 6. The van der Waals surface area contributed by atoms with E-state index >= 15 is 0 Å². The first kappa shape index (κ1) is 13.7. The van der Waals surface area contributed by atoms with E-state index in [1.54, 1.807) is 0 Å². The average Bonchev–Trinajstić information content (AvgIpc) is 2.31. The summed E-state index contributed by atoms with van der Waals surface area (Å²) in [6.45, 7) is 0.769.